The van der Waals surface area contributed by atoms with Gasteiger partial charge in [0.2, 0.25) is 34.7 Å². The summed E-state index contributed by atoms with van der Waals surface area (Å²) in [5.74, 6) is 4.96. The molecule has 6 aromatic rings. The maximum atomic E-state index is 12.8. The van der Waals surface area contributed by atoms with Crippen LogP contribution in [-0.2, 0) is 40.8 Å². The first-order chi connectivity index (χ1) is 47.1. The van der Waals surface area contributed by atoms with E-state index in [0.29, 0.717) is 92.6 Å². The van der Waals surface area contributed by atoms with Crippen LogP contribution in [0.25, 0.3) is 0 Å². The van der Waals surface area contributed by atoms with E-state index in [1.54, 1.807) is 99.5 Å². The van der Waals surface area contributed by atoms with Gasteiger partial charge < -0.3 is 79.4 Å². The maximum absolute atomic E-state index is 12.8. The Kier molecular flexibility index (Phi) is 31.2. The molecule has 524 valence electrons. The van der Waals surface area contributed by atoms with Gasteiger partial charge in [0.1, 0.15) is 45.7 Å². The molecule has 4 saturated heterocycles. The molecule has 0 spiro atoms. The van der Waals surface area contributed by atoms with Crippen molar-refractivity contribution in [2.75, 3.05) is 90.4 Å². The predicted molar refractivity (Wildman–Crippen MR) is 380 cm³/mol. The van der Waals surface area contributed by atoms with Crippen LogP contribution < -0.4 is 46.0 Å². The summed E-state index contributed by atoms with van der Waals surface area (Å²) in [7, 11) is 6.05. The van der Waals surface area contributed by atoms with Crippen molar-refractivity contribution in [3.63, 3.8) is 0 Å². The van der Waals surface area contributed by atoms with Crippen LogP contribution in [0, 0.1) is 11.8 Å². The average molecular weight is 1480 g/mol. The number of Topliss-reactive ketones (excluding diaryl/α,β-unsaturated/α-hetero) is 1. The molecule has 10 heterocycles. The highest BCUT2D eigenvalue weighted by Gasteiger charge is 2.39. The van der Waals surface area contributed by atoms with Crippen molar-refractivity contribution in [1.82, 2.24) is 49.7 Å². The second-order valence-electron chi connectivity index (χ2n) is 24.7. The minimum atomic E-state index is -1.10. The molecule has 0 bridgehead atoms. The zero-order chi connectivity index (χ0) is 70.5. The summed E-state index contributed by atoms with van der Waals surface area (Å²) < 4.78 is 22.0. The van der Waals surface area contributed by atoms with E-state index in [1.165, 1.54) is 52.6 Å². The van der Waals surface area contributed by atoms with E-state index in [2.05, 4.69) is 77.7 Å². The molecule has 2 unspecified atom stereocenters. The van der Waals surface area contributed by atoms with Gasteiger partial charge in [-0.05, 0) is 187 Å². The number of ketones is 1. The van der Waals surface area contributed by atoms with Crippen molar-refractivity contribution in [2.45, 2.75) is 119 Å². The van der Waals surface area contributed by atoms with Gasteiger partial charge in [0.05, 0.1) is 63.1 Å². The number of piperidine rings is 4. The Bertz CT molecular complexity index is 3530. The number of likely N-dealkylation sites (tertiary alicyclic amines) is 1. The van der Waals surface area contributed by atoms with Gasteiger partial charge in [-0.1, -0.05) is 15.9 Å². The summed E-state index contributed by atoms with van der Waals surface area (Å²) in [6.45, 7) is 10.1. The largest absolute Gasteiger partial charge is 0.492 e. The van der Waals surface area contributed by atoms with E-state index in [4.69, 9.17) is 18.9 Å². The van der Waals surface area contributed by atoms with Gasteiger partial charge in [0, 0.05) is 103 Å². The van der Waals surface area contributed by atoms with Crippen LogP contribution in [0.5, 0.6) is 23.3 Å². The number of hydrogen-bond acceptors (Lipinski definition) is 22. The lowest BCUT2D eigenvalue weighted by molar-refractivity contribution is -0.124. The topological polar surface area (TPSA) is 346 Å². The van der Waals surface area contributed by atoms with Crippen LogP contribution in [0.3, 0.4) is 0 Å². The Morgan fingerprint density at radius 3 is 1.62 bits per heavy atom. The van der Waals surface area contributed by atoms with Gasteiger partial charge in [0.25, 0.3) is 14.8 Å². The Hall–Kier alpha value is -7.54. The summed E-state index contributed by atoms with van der Waals surface area (Å²) >= 11 is 6.45. The second-order valence-corrected chi connectivity index (χ2v) is 27.0. The van der Waals surface area contributed by atoms with E-state index < -0.39 is 22.8 Å². The zero-order valence-electron chi connectivity index (χ0n) is 55.8. The minimum Gasteiger partial charge on any atom is -0.492 e. The third-order valence-corrected chi connectivity index (χ3v) is 17.7. The molecular formula is C68H88B2Br2N12O14. The number of pyridine rings is 6. The third kappa shape index (κ3) is 26.3. The molecular weight excluding hydrogens is 1390 g/mol. The molecule has 0 aromatic carbocycles. The van der Waals surface area contributed by atoms with E-state index >= 15 is 0 Å². The molecule has 2 amide bonds. The number of aromatic amines is 2. The van der Waals surface area contributed by atoms with Crippen molar-refractivity contribution in [1.29, 1.82) is 0 Å². The smallest absolute Gasteiger partial charge is 0.293 e. The molecule has 6 fully saturated rings. The number of carbonyl (C=O) groups excluding carboxylic acids is 5. The number of hydrogen-bond donors (Lipinski definition) is 8. The number of nitrogens with zero attached hydrogens (tertiary/aromatic N) is 7. The number of carbonyl (C=O) groups is 5. The lowest BCUT2D eigenvalue weighted by Gasteiger charge is -2.41. The monoisotopic (exact) mass is 1480 g/mol. The fourth-order valence-corrected chi connectivity index (χ4v) is 11.1. The van der Waals surface area contributed by atoms with Crippen LogP contribution in [-0.4, -0.2) is 195 Å². The standard InChI is InChI=1S/C22H28N4O4.C12H16BN2O3.C12H15BrN2O2.C10H14N2O2.C6H9BNO2.C6H6BrNO/c1-15(21(28)25-19-7-6-18(12-23-19)30-13-16-3-4-16)26-10-2-9-22(29,14-26)17-5-8-20(27)24-11-17;1-18-11-4-3-10(7-14-11)12(17)5-2-6-15(8-12)13-9-16;1-8(13)12(16)15-11-5-4-10(6-14-11)17-7-9-2-3-9;13-9-3-2-8(6-12-9)10(14)4-1-5-11-7-10;9-5-7-8-3-1-2-6(10)4-8;1-9-6-3-2-5(7)4-8-6/h5-8,11-12,15-16,29H,2-4,9-10,13-14H2,1H3,(H,24,27)(H,23,25,28);3-4,7,9,17H,2,5-6,8H2,1H3;4-6,8-9H,2-3,7H2,1H3,(H,14,15,16);2-3,6,11,14H,1,4-5,7H2,(H,12,13);5H,1-4H2;2-4H,1H3/t15-,22-;;8-;;;/m0.1.../s1. The molecule has 30 heteroatoms. The number of amides is 2. The molecule has 8 N–H and O–H groups in total. The number of methoxy groups -OCH3 is 2. The number of aromatic nitrogens is 6. The number of ether oxygens (including phenoxy) is 4. The van der Waals surface area contributed by atoms with Crippen molar-refractivity contribution in [3.05, 3.63) is 152 Å². The van der Waals surface area contributed by atoms with Crippen LogP contribution in [0.2, 0.25) is 0 Å². The predicted octanol–water partition coefficient (Wildman–Crippen LogP) is 5.90. The molecule has 4 aliphatic heterocycles. The highest BCUT2D eigenvalue weighted by molar-refractivity contribution is 9.10. The number of nitrogens with one attached hydrogen (secondary N) is 5. The zero-order valence-corrected chi connectivity index (χ0v) is 59.0. The van der Waals surface area contributed by atoms with E-state index in [9.17, 15) is 48.9 Å². The fourth-order valence-electron chi connectivity index (χ4n) is 10.7. The lowest BCUT2D eigenvalue weighted by atomic mass is 9.81. The summed E-state index contributed by atoms with van der Waals surface area (Å²) in [5, 5.41) is 40.7. The summed E-state index contributed by atoms with van der Waals surface area (Å²) in [5.41, 5.74) is -1.02. The number of rotatable bonds is 20. The van der Waals surface area contributed by atoms with Crippen molar-refractivity contribution < 1.29 is 58.2 Å². The molecule has 2 radical (unpaired) electrons. The normalized spacial score (nSPS) is 21.3. The molecule has 26 nitrogen and oxygen atoms in total. The number of halogens is 2. The summed E-state index contributed by atoms with van der Waals surface area (Å²) in [4.78, 5) is 104. The Labute approximate surface area is 589 Å². The first kappa shape index (κ1) is 77.8. The van der Waals surface area contributed by atoms with Gasteiger partial charge in [0.15, 0.2) is 0 Å². The minimum absolute atomic E-state index is 0.107. The van der Waals surface area contributed by atoms with E-state index in [0.717, 1.165) is 105 Å². The quantitative estimate of drug-likeness (QED) is 0.0250. The molecule has 98 heavy (non-hydrogen) atoms. The summed E-state index contributed by atoms with van der Waals surface area (Å²) in [6.07, 6.45) is 22.3. The average Bonchev–Trinajstić information content (AvgIpc) is 0.988. The first-order valence-electron chi connectivity index (χ1n) is 32.8. The fraction of sp³-hybridized carbons (Fsp3) is 0.485. The number of alkyl halides is 1. The van der Waals surface area contributed by atoms with Gasteiger partial charge in [-0.2, -0.15) is 0 Å². The Balaban J connectivity index is 0.000000174. The molecule has 6 aromatic heterocycles. The van der Waals surface area contributed by atoms with Crippen LogP contribution in [0.15, 0.2) is 124 Å². The number of β-amino-alcohol motifs (C(OH)–C–C–N with tert-alkyl or cyclic N) is 3. The van der Waals surface area contributed by atoms with Gasteiger partial charge >= 0.3 is 0 Å². The Morgan fingerprint density at radius 2 is 1.15 bits per heavy atom. The number of aliphatic hydroxyl groups is 3. The molecule has 5 atom stereocenters. The first-order valence-corrected chi connectivity index (χ1v) is 34.5. The molecule has 6 aliphatic rings. The molecule has 2 aliphatic carbocycles. The van der Waals surface area contributed by atoms with Gasteiger partial charge in [-0.15, -0.1) is 0 Å². The van der Waals surface area contributed by atoms with E-state index in [-0.39, 0.29) is 33.5 Å². The number of H-pyrrole nitrogens is 2. The van der Waals surface area contributed by atoms with Crippen LogP contribution in [0.4, 0.5) is 11.6 Å². The van der Waals surface area contributed by atoms with Gasteiger partial charge in [-0.3, -0.25) is 28.9 Å². The van der Waals surface area contributed by atoms with E-state index in [1.807, 2.05) is 40.9 Å². The maximum Gasteiger partial charge on any atom is 0.293 e. The SMILES string of the molecule is COc1ccc(Br)cn1.COc1ccc(C2(O)CCCN([B]C=O)C2)cn1.C[C@@H](Br)C(=O)Nc1ccc(OCC2CC2)cn1.C[C@@H](C(=O)Nc1ccc(OCC2CC2)cn1)N1CCC[C@@](O)(c2ccc(=O)[nH]c2)C1.O=C[B]N1CCCC(=O)C1.O=c1ccc(C2(O)CCCNC2)c[nH]1. The van der Waals surface area contributed by atoms with Crippen molar-refractivity contribution in [2.24, 2.45) is 11.8 Å². The highest BCUT2D eigenvalue weighted by Crippen LogP contribution is 2.34. The third-order valence-electron chi connectivity index (χ3n) is 16.9. The summed E-state index contributed by atoms with van der Waals surface area (Å²) in [6, 6.07) is 20.1. The Morgan fingerprint density at radius 1 is 0.633 bits per heavy atom. The molecule has 12 rings (SSSR count). The van der Waals surface area contributed by atoms with Crippen molar-refractivity contribution in [3.8, 4) is 23.3 Å². The van der Waals surface area contributed by atoms with Crippen LogP contribution in [0.1, 0.15) is 108 Å². The van der Waals surface area contributed by atoms with Gasteiger partial charge in [-0.25, -0.2) is 19.9 Å². The van der Waals surface area contributed by atoms with Crippen LogP contribution >= 0.6 is 31.9 Å². The van der Waals surface area contributed by atoms with Crippen molar-refractivity contribution >= 4 is 88.3 Å². The highest BCUT2D eigenvalue weighted by atomic mass is 79.9. The second kappa shape index (κ2) is 39.3. The lowest BCUT2D eigenvalue weighted by Crippen LogP contribution is -2.52. The number of anilines is 2. The molecule has 2 saturated carbocycles.